The molecule has 0 aliphatic rings. The lowest BCUT2D eigenvalue weighted by Crippen LogP contribution is -2.37. The Kier molecular flexibility index (Phi) is 6.71. The quantitative estimate of drug-likeness (QED) is 0.647. The predicted octanol–water partition coefficient (Wildman–Crippen LogP) is 1.42. The van der Waals surface area contributed by atoms with Crippen LogP contribution in [0.4, 0.5) is 10.7 Å². The molecule has 1 aromatic heterocycles. The summed E-state index contributed by atoms with van der Waals surface area (Å²) in [5.41, 5.74) is 0.594. The normalized spacial score (nSPS) is 10.7. The topological polar surface area (TPSA) is 146 Å². The number of amides is 2. The lowest BCUT2D eigenvalue weighted by Gasteiger charge is -2.10. The molecule has 2 N–H and O–H groups in total. The minimum Gasteiger partial charge on any atom is -0.481 e. The van der Waals surface area contributed by atoms with Gasteiger partial charge in [0.2, 0.25) is 11.8 Å². The summed E-state index contributed by atoms with van der Waals surface area (Å²) in [4.78, 5) is 31.4. The maximum Gasteiger partial charge on any atom is 0.411 e. The molecule has 0 fully saturated rings. The Morgan fingerprint density at radius 3 is 2.61 bits per heavy atom. The molecule has 0 aliphatic carbocycles. The van der Waals surface area contributed by atoms with E-state index in [1.165, 1.54) is 37.4 Å². The SMILES string of the molecule is CCOC(=O)c1cccc(OS(=O)(=O)NC(=O)Nc2nc(C)cc(OC)n2)c1. The number of aromatic nitrogens is 2. The molecule has 0 atom stereocenters. The summed E-state index contributed by atoms with van der Waals surface area (Å²) in [5, 5.41) is 2.16. The van der Waals surface area contributed by atoms with E-state index in [0.29, 0.717) is 5.69 Å². The Labute approximate surface area is 161 Å². The second-order valence-electron chi connectivity index (χ2n) is 5.22. The molecule has 150 valence electrons. The number of benzene rings is 1. The highest BCUT2D eigenvalue weighted by molar-refractivity contribution is 7.85. The molecule has 28 heavy (non-hydrogen) atoms. The fourth-order valence-electron chi connectivity index (χ4n) is 1.98. The molecule has 0 saturated heterocycles. The number of carbonyl (C=O) groups excluding carboxylic acids is 2. The maximum atomic E-state index is 12.0. The van der Waals surface area contributed by atoms with Crippen LogP contribution >= 0.6 is 0 Å². The summed E-state index contributed by atoms with van der Waals surface area (Å²) in [6.45, 7) is 3.44. The lowest BCUT2D eigenvalue weighted by molar-refractivity contribution is 0.0526. The minimum atomic E-state index is -4.54. The predicted molar refractivity (Wildman–Crippen MR) is 97.4 cm³/mol. The Bertz CT molecular complexity index is 979. The van der Waals surface area contributed by atoms with Crippen molar-refractivity contribution in [2.45, 2.75) is 13.8 Å². The molecule has 2 aromatic rings. The van der Waals surface area contributed by atoms with E-state index in [9.17, 15) is 18.0 Å². The molecule has 0 bridgehead atoms. The van der Waals surface area contributed by atoms with Crippen molar-refractivity contribution >= 4 is 28.3 Å². The van der Waals surface area contributed by atoms with Gasteiger partial charge in [0.15, 0.2) is 0 Å². The van der Waals surface area contributed by atoms with E-state index in [0.717, 1.165) is 0 Å². The summed E-state index contributed by atoms with van der Waals surface area (Å²) >= 11 is 0. The van der Waals surface area contributed by atoms with Gasteiger partial charge in [-0.3, -0.25) is 5.32 Å². The van der Waals surface area contributed by atoms with Gasteiger partial charge in [-0.25, -0.2) is 19.3 Å². The van der Waals surface area contributed by atoms with Crippen molar-refractivity contribution in [1.29, 1.82) is 0 Å². The molecule has 0 radical (unpaired) electrons. The third-order valence-corrected chi connectivity index (χ3v) is 3.88. The standard InChI is InChI=1S/C16H18N4O7S/c1-4-26-14(21)11-6-5-7-12(9-11)27-28(23,24)20-16(22)19-15-17-10(2)8-13(18-15)25-3/h5-9H,4H2,1-3H3,(H2,17,18,19,20,22). The van der Waals surface area contributed by atoms with Gasteiger partial charge in [0, 0.05) is 11.8 Å². The van der Waals surface area contributed by atoms with Crippen LogP contribution in [0, 0.1) is 6.92 Å². The molecule has 0 aliphatic heterocycles. The van der Waals surface area contributed by atoms with Crippen LogP contribution in [0.2, 0.25) is 0 Å². The summed E-state index contributed by atoms with van der Waals surface area (Å²) in [5.74, 6) is -0.785. The fourth-order valence-corrected chi connectivity index (χ4v) is 2.65. The van der Waals surface area contributed by atoms with E-state index in [4.69, 9.17) is 13.7 Å². The van der Waals surface area contributed by atoms with E-state index in [1.807, 2.05) is 0 Å². The largest absolute Gasteiger partial charge is 0.481 e. The molecule has 11 nitrogen and oxygen atoms in total. The second-order valence-corrected chi connectivity index (χ2v) is 6.50. The Morgan fingerprint density at radius 1 is 1.18 bits per heavy atom. The number of urea groups is 1. The van der Waals surface area contributed by atoms with Crippen molar-refractivity contribution in [1.82, 2.24) is 14.7 Å². The summed E-state index contributed by atoms with van der Waals surface area (Å²) in [6, 6.07) is 5.69. The van der Waals surface area contributed by atoms with E-state index in [1.54, 1.807) is 18.6 Å². The van der Waals surface area contributed by atoms with E-state index in [-0.39, 0.29) is 29.7 Å². The van der Waals surface area contributed by atoms with Gasteiger partial charge in [-0.1, -0.05) is 6.07 Å². The number of ether oxygens (including phenoxy) is 2. The smallest absolute Gasteiger partial charge is 0.411 e. The summed E-state index contributed by atoms with van der Waals surface area (Å²) in [7, 11) is -3.15. The number of methoxy groups -OCH3 is 1. The van der Waals surface area contributed by atoms with Crippen molar-refractivity contribution in [3.8, 4) is 11.6 Å². The second kappa shape index (κ2) is 8.99. The van der Waals surface area contributed by atoms with Crippen molar-refractivity contribution in [3.05, 3.63) is 41.6 Å². The van der Waals surface area contributed by atoms with Gasteiger partial charge in [0.25, 0.3) is 0 Å². The van der Waals surface area contributed by atoms with E-state index in [2.05, 4.69) is 15.3 Å². The molecule has 12 heteroatoms. The first-order valence-corrected chi connectivity index (χ1v) is 9.33. The fraction of sp³-hybridized carbons (Fsp3) is 0.250. The third-order valence-electron chi connectivity index (χ3n) is 3.03. The minimum absolute atomic E-state index is 0.0965. The molecule has 2 rings (SSSR count). The third kappa shape index (κ3) is 6.09. The number of esters is 1. The van der Waals surface area contributed by atoms with Gasteiger partial charge in [0.05, 0.1) is 19.3 Å². The Hall–Kier alpha value is -3.41. The number of nitrogens with zero attached hydrogens (tertiary/aromatic N) is 2. The van der Waals surface area contributed by atoms with Gasteiger partial charge in [0.1, 0.15) is 5.75 Å². The number of carbonyl (C=O) groups is 2. The van der Waals surface area contributed by atoms with Gasteiger partial charge >= 0.3 is 22.3 Å². The van der Waals surface area contributed by atoms with Crippen LogP contribution in [0.5, 0.6) is 11.6 Å². The molecule has 0 spiro atoms. The highest BCUT2D eigenvalue weighted by atomic mass is 32.2. The number of aryl methyl sites for hydroxylation is 1. The van der Waals surface area contributed by atoms with Crippen molar-refractivity contribution < 1.29 is 31.7 Å². The van der Waals surface area contributed by atoms with E-state index >= 15 is 0 Å². The molecule has 1 heterocycles. The summed E-state index contributed by atoms with van der Waals surface area (Å²) in [6.07, 6.45) is 0. The number of nitrogens with one attached hydrogen (secondary N) is 2. The first-order chi connectivity index (χ1) is 13.2. The van der Waals surface area contributed by atoms with Crippen LogP contribution in [0.1, 0.15) is 23.0 Å². The van der Waals surface area contributed by atoms with Crippen LogP contribution in [-0.4, -0.2) is 44.1 Å². The number of anilines is 1. The summed E-state index contributed by atoms with van der Waals surface area (Å²) < 4.78 is 40.2. The Balaban J connectivity index is 2.05. The van der Waals surface area contributed by atoms with Gasteiger partial charge < -0.3 is 13.7 Å². The average Bonchev–Trinajstić information content (AvgIpc) is 2.60. The van der Waals surface area contributed by atoms with Gasteiger partial charge in [-0.2, -0.15) is 13.4 Å². The van der Waals surface area contributed by atoms with Crippen molar-refractivity contribution in [2.75, 3.05) is 19.0 Å². The molecular formula is C16H18N4O7S. The molecular weight excluding hydrogens is 392 g/mol. The molecule has 0 saturated carbocycles. The number of rotatable bonds is 7. The first kappa shape index (κ1) is 20.9. The zero-order valence-electron chi connectivity index (χ0n) is 15.3. The van der Waals surface area contributed by atoms with Gasteiger partial charge in [-0.05, 0) is 32.0 Å². The zero-order valence-corrected chi connectivity index (χ0v) is 16.1. The molecule has 0 unspecified atom stereocenters. The maximum absolute atomic E-state index is 12.0. The number of hydrogen-bond acceptors (Lipinski definition) is 9. The molecule has 2 amide bonds. The average molecular weight is 410 g/mol. The Morgan fingerprint density at radius 2 is 1.93 bits per heavy atom. The van der Waals surface area contributed by atoms with Gasteiger partial charge in [-0.15, -0.1) is 0 Å². The highest BCUT2D eigenvalue weighted by Gasteiger charge is 2.19. The highest BCUT2D eigenvalue weighted by Crippen LogP contribution is 2.16. The van der Waals surface area contributed by atoms with Crippen LogP contribution < -0.4 is 19.0 Å². The first-order valence-electron chi connectivity index (χ1n) is 7.92. The van der Waals surface area contributed by atoms with Crippen molar-refractivity contribution in [3.63, 3.8) is 0 Å². The zero-order chi connectivity index (χ0) is 20.7. The monoisotopic (exact) mass is 410 g/mol. The lowest BCUT2D eigenvalue weighted by atomic mass is 10.2. The van der Waals surface area contributed by atoms with Crippen LogP contribution in [0.25, 0.3) is 0 Å². The van der Waals surface area contributed by atoms with Crippen LogP contribution in [0.15, 0.2) is 30.3 Å². The molecule has 1 aromatic carbocycles. The van der Waals surface area contributed by atoms with Crippen molar-refractivity contribution in [2.24, 2.45) is 0 Å². The van der Waals surface area contributed by atoms with Crippen LogP contribution in [0.3, 0.4) is 0 Å². The number of hydrogen-bond donors (Lipinski definition) is 2. The van der Waals surface area contributed by atoms with Crippen LogP contribution in [-0.2, 0) is 15.0 Å². The van der Waals surface area contributed by atoms with E-state index < -0.39 is 22.3 Å².